The normalized spacial score (nSPS) is 13.8. The van der Waals surface area contributed by atoms with Crippen molar-refractivity contribution in [3.05, 3.63) is 50.8 Å². The summed E-state index contributed by atoms with van der Waals surface area (Å²) in [5.74, 6) is 1.59. The van der Waals surface area contributed by atoms with E-state index in [9.17, 15) is 14.9 Å². The number of nitriles is 1. The van der Waals surface area contributed by atoms with Crippen molar-refractivity contribution in [2.45, 2.75) is 26.6 Å². The van der Waals surface area contributed by atoms with Crippen molar-refractivity contribution in [2.75, 3.05) is 56.2 Å². The number of aromatic nitrogens is 6. The number of fused-ring (bicyclic) bond motifs is 2. The van der Waals surface area contributed by atoms with Gasteiger partial charge in [0.15, 0.2) is 11.3 Å². The van der Waals surface area contributed by atoms with Gasteiger partial charge in [0.05, 0.1) is 24.8 Å². The number of nitrogens with two attached hydrogens (primary N) is 1. The fraction of sp³-hybridized carbons (Fsp3) is 0.440. The Balaban J connectivity index is 1.70. The molecule has 13 heteroatoms. The predicted molar refractivity (Wildman–Crippen MR) is 144 cm³/mol. The smallest absolute Gasteiger partial charge is 0.294 e. The van der Waals surface area contributed by atoms with Gasteiger partial charge in [-0.05, 0) is 19.1 Å². The van der Waals surface area contributed by atoms with Crippen molar-refractivity contribution in [3.8, 4) is 6.07 Å². The van der Waals surface area contributed by atoms with Crippen LogP contribution in [0.1, 0.15) is 12.7 Å². The third-order valence-electron chi connectivity index (χ3n) is 6.69. The topological polar surface area (TPSA) is 153 Å². The molecule has 2 N–H and O–H groups in total. The van der Waals surface area contributed by atoms with E-state index in [1.807, 2.05) is 49.2 Å². The summed E-state index contributed by atoms with van der Waals surface area (Å²) >= 11 is 0. The third kappa shape index (κ3) is 4.37. The van der Waals surface area contributed by atoms with Crippen LogP contribution in [0.15, 0.2) is 33.9 Å². The van der Waals surface area contributed by atoms with Gasteiger partial charge < -0.3 is 24.8 Å². The zero-order chi connectivity index (χ0) is 26.8. The van der Waals surface area contributed by atoms with Gasteiger partial charge in [0, 0.05) is 45.2 Å². The molecule has 1 aliphatic rings. The standard InChI is InChI=1S/C25H30N10O3/c1-3-33-21-20(30-25(33)31(2)10-8-26)23(36)34(11-9-27)35(24(21)37)16-19-28-18-7-5-4-6-17(18)22(29-19)32-12-14-38-15-13-32/h4-7H,3,8,10-16,26H2,1-2H3. The second kappa shape index (κ2) is 10.6. The highest BCUT2D eigenvalue weighted by Crippen LogP contribution is 2.25. The number of nitrogens with zero attached hydrogens (tertiary/aromatic N) is 9. The van der Waals surface area contributed by atoms with Crippen LogP contribution in [-0.2, 0) is 24.4 Å². The first-order valence-corrected chi connectivity index (χ1v) is 12.6. The number of ether oxygens (including phenoxy) is 1. The predicted octanol–water partition coefficient (Wildman–Crippen LogP) is 0.126. The number of morpholine rings is 1. The molecule has 13 nitrogen and oxygen atoms in total. The molecular formula is C25H30N10O3. The van der Waals surface area contributed by atoms with E-state index in [2.05, 4.69) is 9.88 Å². The van der Waals surface area contributed by atoms with Crippen LogP contribution in [0.4, 0.5) is 11.8 Å². The largest absolute Gasteiger partial charge is 0.378 e. The molecule has 0 saturated carbocycles. The lowest BCUT2D eigenvalue weighted by molar-refractivity contribution is 0.122. The molecule has 3 aromatic heterocycles. The van der Waals surface area contributed by atoms with Crippen molar-refractivity contribution < 1.29 is 4.74 Å². The molecule has 4 aromatic rings. The number of imidazole rings is 1. The summed E-state index contributed by atoms with van der Waals surface area (Å²) in [4.78, 5) is 45.4. The number of likely N-dealkylation sites (N-methyl/N-ethyl adjacent to an activating group) is 1. The van der Waals surface area contributed by atoms with Crippen LogP contribution >= 0.6 is 0 Å². The molecule has 0 bridgehead atoms. The van der Waals surface area contributed by atoms with Gasteiger partial charge in [-0.3, -0.25) is 9.59 Å². The highest BCUT2D eigenvalue weighted by atomic mass is 16.5. The number of para-hydroxylation sites is 1. The van der Waals surface area contributed by atoms with Gasteiger partial charge >= 0.3 is 0 Å². The minimum atomic E-state index is -0.523. The van der Waals surface area contributed by atoms with Crippen LogP contribution in [0.3, 0.4) is 0 Å². The van der Waals surface area contributed by atoms with Crippen LogP contribution in [0.5, 0.6) is 0 Å². The summed E-state index contributed by atoms with van der Waals surface area (Å²) in [6.45, 7) is 5.33. The van der Waals surface area contributed by atoms with Gasteiger partial charge in [-0.1, -0.05) is 12.1 Å². The van der Waals surface area contributed by atoms with E-state index in [0.29, 0.717) is 57.7 Å². The zero-order valence-corrected chi connectivity index (χ0v) is 21.5. The molecule has 1 saturated heterocycles. The third-order valence-corrected chi connectivity index (χ3v) is 6.69. The number of rotatable bonds is 8. The second-order valence-electron chi connectivity index (χ2n) is 9.03. The fourth-order valence-corrected chi connectivity index (χ4v) is 4.86. The molecule has 0 atom stereocenters. The van der Waals surface area contributed by atoms with Gasteiger partial charge in [-0.25, -0.2) is 24.3 Å². The van der Waals surface area contributed by atoms with Gasteiger partial charge in [0.1, 0.15) is 24.4 Å². The minimum Gasteiger partial charge on any atom is -0.378 e. The minimum absolute atomic E-state index is 0.0238. The van der Waals surface area contributed by atoms with Gasteiger partial charge in [-0.15, -0.1) is 0 Å². The Bertz CT molecular complexity index is 1640. The lowest BCUT2D eigenvalue weighted by atomic mass is 10.2. The molecule has 0 amide bonds. The zero-order valence-electron chi connectivity index (χ0n) is 21.5. The Hall–Kier alpha value is -4.28. The summed E-state index contributed by atoms with van der Waals surface area (Å²) in [6.07, 6.45) is 0. The average molecular weight is 519 g/mol. The number of benzene rings is 1. The molecule has 1 fully saturated rings. The average Bonchev–Trinajstić information content (AvgIpc) is 3.34. The maximum Gasteiger partial charge on any atom is 0.294 e. The van der Waals surface area contributed by atoms with Crippen LogP contribution in [0.25, 0.3) is 21.9 Å². The lowest BCUT2D eigenvalue weighted by Crippen LogP contribution is -2.40. The van der Waals surface area contributed by atoms with Crippen LogP contribution in [0, 0.1) is 11.3 Å². The summed E-state index contributed by atoms with van der Waals surface area (Å²) in [6, 6.07) is 9.68. The molecule has 5 rings (SSSR count). The summed E-state index contributed by atoms with van der Waals surface area (Å²) < 4.78 is 9.59. The molecule has 0 radical (unpaired) electrons. The van der Waals surface area contributed by atoms with E-state index in [1.165, 1.54) is 4.68 Å². The summed E-state index contributed by atoms with van der Waals surface area (Å²) in [5, 5.41) is 10.4. The van der Waals surface area contributed by atoms with E-state index in [4.69, 9.17) is 20.4 Å². The van der Waals surface area contributed by atoms with Crippen molar-refractivity contribution >= 4 is 33.7 Å². The first-order chi connectivity index (χ1) is 18.5. The molecule has 4 heterocycles. The fourth-order valence-electron chi connectivity index (χ4n) is 4.86. The molecule has 0 unspecified atom stereocenters. The Morgan fingerprint density at radius 1 is 1.11 bits per heavy atom. The van der Waals surface area contributed by atoms with Crippen molar-refractivity contribution in [1.82, 2.24) is 28.9 Å². The number of hydrogen-bond donors (Lipinski definition) is 1. The van der Waals surface area contributed by atoms with Crippen molar-refractivity contribution in [2.24, 2.45) is 5.73 Å². The highest BCUT2D eigenvalue weighted by molar-refractivity contribution is 5.89. The highest BCUT2D eigenvalue weighted by Gasteiger charge is 2.24. The van der Waals surface area contributed by atoms with Crippen molar-refractivity contribution in [1.29, 1.82) is 5.26 Å². The van der Waals surface area contributed by atoms with E-state index in [0.717, 1.165) is 21.4 Å². The molecular weight excluding hydrogens is 488 g/mol. The Morgan fingerprint density at radius 3 is 2.58 bits per heavy atom. The Morgan fingerprint density at radius 2 is 1.87 bits per heavy atom. The number of anilines is 2. The van der Waals surface area contributed by atoms with Crippen LogP contribution in [0.2, 0.25) is 0 Å². The van der Waals surface area contributed by atoms with E-state index in [-0.39, 0.29) is 24.1 Å². The second-order valence-corrected chi connectivity index (χ2v) is 9.03. The van der Waals surface area contributed by atoms with Gasteiger partial charge in [0.25, 0.3) is 11.1 Å². The molecule has 1 aliphatic heterocycles. The summed E-state index contributed by atoms with van der Waals surface area (Å²) in [7, 11) is 1.81. The Labute approximate surface area is 218 Å². The lowest BCUT2D eigenvalue weighted by Gasteiger charge is -2.29. The molecule has 38 heavy (non-hydrogen) atoms. The van der Waals surface area contributed by atoms with Crippen molar-refractivity contribution in [3.63, 3.8) is 0 Å². The first kappa shape index (κ1) is 25.4. The maximum absolute atomic E-state index is 13.9. The van der Waals surface area contributed by atoms with Crippen LogP contribution < -0.4 is 26.7 Å². The van der Waals surface area contributed by atoms with Crippen LogP contribution in [-0.4, -0.2) is 75.3 Å². The number of aryl methyl sites for hydroxylation is 1. The van der Waals surface area contributed by atoms with Gasteiger partial charge in [-0.2, -0.15) is 5.26 Å². The number of hydrogen-bond acceptors (Lipinski definition) is 10. The summed E-state index contributed by atoms with van der Waals surface area (Å²) in [5.41, 5.74) is 5.69. The van der Waals surface area contributed by atoms with E-state index >= 15 is 0 Å². The molecule has 0 aliphatic carbocycles. The quantitative estimate of drug-likeness (QED) is 0.340. The Kier molecular flexibility index (Phi) is 7.08. The molecule has 198 valence electrons. The van der Waals surface area contributed by atoms with E-state index in [1.54, 1.807) is 4.57 Å². The van der Waals surface area contributed by atoms with Gasteiger partial charge in [0.2, 0.25) is 5.95 Å². The maximum atomic E-state index is 13.9. The monoisotopic (exact) mass is 518 g/mol. The first-order valence-electron chi connectivity index (χ1n) is 12.6. The SMILES string of the molecule is CCn1c(N(C)CCN)nc2c(=O)n(CC#N)n(Cc3nc(N4CCOCC4)c4ccccc4n3)c(=O)c21. The molecule has 0 spiro atoms. The molecule has 1 aromatic carbocycles. The van der Waals surface area contributed by atoms with E-state index < -0.39 is 11.1 Å².